The zero-order chi connectivity index (χ0) is 14.2. The van der Waals surface area contributed by atoms with Crippen molar-refractivity contribution < 1.29 is 14.6 Å². The molecule has 0 spiro atoms. The van der Waals surface area contributed by atoms with Crippen LogP contribution < -0.4 is 10.6 Å². The van der Waals surface area contributed by atoms with Gasteiger partial charge < -0.3 is 20.5 Å². The van der Waals surface area contributed by atoms with Crippen LogP contribution in [-0.4, -0.2) is 49.5 Å². The summed E-state index contributed by atoms with van der Waals surface area (Å²) in [6.45, 7) is 8.92. The maximum absolute atomic E-state index is 11.5. The summed E-state index contributed by atoms with van der Waals surface area (Å²) in [5.41, 5.74) is -0.771. The molecule has 0 aromatic carbocycles. The Balaban J connectivity index is 3.80. The minimum absolute atomic E-state index is 0.000439. The molecule has 5 heteroatoms. The van der Waals surface area contributed by atoms with Gasteiger partial charge in [-0.3, -0.25) is 4.79 Å². The fourth-order valence-electron chi connectivity index (χ4n) is 2.01. The number of hydrogen-bond donors (Lipinski definition) is 3. The predicted octanol–water partition coefficient (Wildman–Crippen LogP) is 0.524. The van der Waals surface area contributed by atoms with Gasteiger partial charge in [-0.15, -0.1) is 0 Å². The van der Waals surface area contributed by atoms with Crippen molar-refractivity contribution in [2.45, 2.75) is 45.8 Å². The van der Waals surface area contributed by atoms with Crippen LogP contribution in [-0.2, 0) is 9.53 Å². The Morgan fingerprint density at radius 1 is 1.39 bits per heavy atom. The molecule has 0 aliphatic heterocycles. The highest BCUT2D eigenvalue weighted by atomic mass is 16.5. The first kappa shape index (κ1) is 17.4. The number of aliphatic hydroxyl groups is 1. The number of amides is 1. The topological polar surface area (TPSA) is 70.6 Å². The lowest BCUT2D eigenvalue weighted by atomic mass is 9.94. The van der Waals surface area contributed by atoms with E-state index < -0.39 is 5.60 Å². The van der Waals surface area contributed by atoms with Gasteiger partial charge in [-0.2, -0.15) is 0 Å². The average Bonchev–Trinajstić information content (AvgIpc) is 2.14. The number of rotatable bonds is 9. The maximum atomic E-state index is 11.5. The summed E-state index contributed by atoms with van der Waals surface area (Å²) < 4.78 is 4.93. The van der Waals surface area contributed by atoms with E-state index >= 15 is 0 Å². The quantitative estimate of drug-likeness (QED) is 0.565. The number of methoxy groups -OCH3 is 1. The Morgan fingerprint density at radius 3 is 2.50 bits per heavy atom. The van der Waals surface area contributed by atoms with Gasteiger partial charge in [0.05, 0.1) is 18.8 Å². The molecule has 5 nitrogen and oxygen atoms in total. The van der Waals surface area contributed by atoms with Crippen molar-refractivity contribution >= 4 is 5.91 Å². The van der Waals surface area contributed by atoms with Crippen LogP contribution in [0.3, 0.4) is 0 Å². The van der Waals surface area contributed by atoms with Crippen LogP contribution in [0.5, 0.6) is 0 Å². The summed E-state index contributed by atoms with van der Waals surface area (Å²) in [6, 6.07) is 0.000439. The van der Waals surface area contributed by atoms with Gasteiger partial charge in [-0.1, -0.05) is 13.8 Å². The molecule has 0 aliphatic rings. The Morgan fingerprint density at radius 2 is 2.00 bits per heavy atom. The zero-order valence-corrected chi connectivity index (χ0v) is 12.2. The van der Waals surface area contributed by atoms with Crippen molar-refractivity contribution in [3.05, 3.63) is 0 Å². The lowest BCUT2D eigenvalue weighted by Crippen LogP contribution is -2.45. The highest BCUT2D eigenvalue weighted by Gasteiger charge is 2.21. The van der Waals surface area contributed by atoms with Crippen LogP contribution in [0, 0.1) is 5.92 Å². The van der Waals surface area contributed by atoms with Crippen LogP contribution >= 0.6 is 0 Å². The Bertz CT molecular complexity index is 242. The van der Waals surface area contributed by atoms with E-state index in [9.17, 15) is 9.90 Å². The smallest absolute Gasteiger partial charge is 0.234 e. The first-order valence-electron chi connectivity index (χ1n) is 6.48. The molecule has 0 rings (SSSR count). The third-order valence-electron chi connectivity index (χ3n) is 2.46. The molecule has 0 fully saturated rings. The Kier molecular flexibility index (Phi) is 8.15. The van der Waals surface area contributed by atoms with E-state index in [-0.39, 0.29) is 18.5 Å². The molecule has 2 atom stereocenters. The molecule has 18 heavy (non-hydrogen) atoms. The van der Waals surface area contributed by atoms with Gasteiger partial charge in [0.1, 0.15) is 0 Å². The summed E-state index contributed by atoms with van der Waals surface area (Å²) in [5.74, 6) is 0.345. The molecular formula is C13H28N2O3. The molecule has 2 unspecified atom stereocenters. The van der Waals surface area contributed by atoms with Crippen LogP contribution in [0.1, 0.15) is 34.1 Å². The van der Waals surface area contributed by atoms with E-state index in [0.717, 1.165) is 0 Å². The van der Waals surface area contributed by atoms with Gasteiger partial charge in [0.25, 0.3) is 0 Å². The van der Waals surface area contributed by atoms with Gasteiger partial charge in [-0.05, 0) is 26.2 Å². The minimum Gasteiger partial charge on any atom is -0.389 e. The molecule has 0 bridgehead atoms. The largest absolute Gasteiger partial charge is 0.389 e. The molecule has 108 valence electrons. The average molecular weight is 260 g/mol. The van der Waals surface area contributed by atoms with Crippen molar-refractivity contribution in [1.82, 2.24) is 10.6 Å². The van der Waals surface area contributed by atoms with Crippen LogP contribution in [0.2, 0.25) is 0 Å². The minimum atomic E-state index is -0.771. The van der Waals surface area contributed by atoms with Crippen molar-refractivity contribution in [2.24, 2.45) is 5.92 Å². The van der Waals surface area contributed by atoms with E-state index in [4.69, 9.17) is 4.74 Å². The van der Waals surface area contributed by atoms with Gasteiger partial charge >= 0.3 is 0 Å². The third kappa shape index (κ3) is 9.39. The number of carbonyl (C=O) groups excluding carboxylic acids is 1. The number of ether oxygens (including phenoxy) is 1. The van der Waals surface area contributed by atoms with Gasteiger partial charge in [0.15, 0.2) is 0 Å². The summed E-state index contributed by atoms with van der Waals surface area (Å²) in [7, 11) is 1.60. The molecule has 1 amide bonds. The molecule has 0 aromatic rings. The lowest BCUT2D eigenvalue weighted by Gasteiger charge is -2.25. The van der Waals surface area contributed by atoms with Crippen LogP contribution in [0.25, 0.3) is 0 Å². The fraction of sp³-hybridized carbons (Fsp3) is 0.923. The molecule has 0 radical (unpaired) electrons. The first-order valence-corrected chi connectivity index (χ1v) is 6.48. The Labute approximate surface area is 110 Å². The number of carbonyl (C=O) groups is 1. The van der Waals surface area contributed by atoms with Gasteiger partial charge in [0.2, 0.25) is 5.91 Å². The monoisotopic (exact) mass is 260 g/mol. The summed E-state index contributed by atoms with van der Waals surface area (Å²) >= 11 is 0. The molecule has 0 aromatic heterocycles. The molecule has 0 saturated carbocycles. The van der Waals surface area contributed by atoms with Gasteiger partial charge in [0, 0.05) is 19.7 Å². The van der Waals surface area contributed by atoms with Crippen molar-refractivity contribution in [3.63, 3.8) is 0 Å². The number of nitrogens with one attached hydrogen (secondary N) is 2. The summed E-state index contributed by atoms with van der Waals surface area (Å²) in [5, 5.41) is 15.8. The normalized spacial score (nSPS) is 16.4. The second-order valence-corrected chi connectivity index (χ2v) is 5.62. The van der Waals surface area contributed by atoms with E-state index in [1.54, 1.807) is 14.0 Å². The molecule has 0 heterocycles. The van der Waals surface area contributed by atoms with Crippen LogP contribution in [0.15, 0.2) is 0 Å². The number of hydrogen-bond acceptors (Lipinski definition) is 4. The molecule has 0 saturated heterocycles. The van der Waals surface area contributed by atoms with Gasteiger partial charge in [-0.25, -0.2) is 0 Å². The van der Waals surface area contributed by atoms with E-state index in [0.29, 0.717) is 25.5 Å². The van der Waals surface area contributed by atoms with Crippen molar-refractivity contribution in [3.8, 4) is 0 Å². The SMILES string of the molecule is COCC(C)NC(=O)CNCC(C)(O)CC(C)C. The summed E-state index contributed by atoms with van der Waals surface area (Å²) in [6.07, 6.45) is 0.710. The van der Waals surface area contributed by atoms with Crippen molar-refractivity contribution in [2.75, 3.05) is 26.8 Å². The van der Waals surface area contributed by atoms with Crippen molar-refractivity contribution in [1.29, 1.82) is 0 Å². The lowest BCUT2D eigenvalue weighted by molar-refractivity contribution is -0.121. The summed E-state index contributed by atoms with van der Waals surface area (Å²) in [4.78, 5) is 11.5. The highest BCUT2D eigenvalue weighted by molar-refractivity contribution is 5.78. The standard InChI is InChI=1S/C13H28N2O3/c1-10(2)6-13(4,17)9-14-7-12(16)15-11(3)8-18-5/h10-11,14,17H,6-9H2,1-5H3,(H,15,16). The molecule has 0 aliphatic carbocycles. The third-order valence-corrected chi connectivity index (χ3v) is 2.46. The predicted molar refractivity (Wildman–Crippen MR) is 72.4 cm³/mol. The molecular weight excluding hydrogens is 232 g/mol. The van der Waals surface area contributed by atoms with Crippen LogP contribution in [0.4, 0.5) is 0 Å². The van der Waals surface area contributed by atoms with E-state index in [1.807, 2.05) is 6.92 Å². The second kappa shape index (κ2) is 8.45. The molecule has 3 N–H and O–H groups in total. The van der Waals surface area contributed by atoms with E-state index in [1.165, 1.54) is 0 Å². The highest BCUT2D eigenvalue weighted by Crippen LogP contribution is 2.14. The second-order valence-electron chi connectivity index (χ2n) is 5.62. The first-order chi connectivity index (χ1) is 8.26. The fourth-order valence-corrected chi connectivity index (χ4v) is 2.01. The Hall–Kier alpha value is -0.650. The zero-order valence-electron chi connectivity index (χ0n) is 12.2. The van der Waals surface area contributed by atoms with E-state index in [2.05, 4.69) is 24.5 Å². The maximum Gasteiger partial charge on any atom is 0.234 e.